The van der Waals surface area contributed by atoms with E-state index in [1.165, 1.54) is 22.8 Å². The van der Waals surface area contributed by atoms with Crippen LogP contribution in [0.2, 0.25) is 10.0 Å². The highest BCUT2D eigenvalue weighted by Crippen LogP contribution is 2.38. The predicted molar refractivity (Wildman–Crippen MR) is 197 cm³/mol. The fraction of sp³-hybridized carbons (Fsp3) is 0.211. The summed E-state index contributed by atoms with van der Waals surface area (Å²) in [6, 6.07) is 20.5. The highest BCUT2D eigenvalue weighted by Gasteiger charge is 2.21. The zero-order valence-electron chi connectivity index (χ0n) is 27.9. The van der Waals surface area contributed by atoms with Crippen molar-refractivity contribution in [2.45, 2.75) is 6.42 Å². The third kappa shape index (κ3) is 7.51. The lowest BCUT2D eigenvalue weighted by atomic mass is 10.1. The number of aromatic nitrogens is 3. The zero-order valence-corrected chi connectivity index (χ0v) is 29.4. The maximum atomic E-state index is 15.5. The fourth-order valence-corrected chi connectivity index (χ4v) is 6.43. The first-order valence-corrected chi connectivity index (χ1v) is 17.2. The van der Waals surface area contributed by atoms with Gasteiger partial charge in [0.05, 0.1) is 54.2 Å². The Morgan fingerprint density at radius 1 is 0.942 bits per heavy atom. The van der Waals surface area contributed by atoms with Crippen LogP contribution in [0.25, 0.3) is 27.6 Å². The molecule has 1 aliphatic heterocycles. The standard InChI is InChI=1S/C38H32Cl2FN5O6/c1-49-34-21-25-29(22-35(34)51-16-4-13-45-14-17-50-18-15-45)42-12-11-32(25)52-33-10-8-24(20-27(33)41)43-37(47)36-38(48)46(30-9-7-23(39)19-26(30)40)31-6-3-2-5-28(31)44-36/h2-3,5-12,19-22H,4,13-18H2,1H3,(H,43,47). The van der Waals surface area contributed by atoms with Crippen LogP contribution in [0.5, 0.6) is 23.0 Å². The van der Waals surface area contributed by atoms with E-state index in [1.807, 2.05) is 0 Å². The Hall–Kier alpha value is -5.27. The van der Waals surface area contributed by atoms with Crippen LogP contribution in [0.4, 0.5) is 10.1 Å². The van der Waals surface area contributed by atoms with Crippen molar-refractivity contribution in [1.29, 1.82) is 0 Å². The zero-order chi connectivity index (χ0) is 36.2. The van der Waals surface area contributed by atoms with Crippen LogP contribution < -0.4 is 25.1 Å². The molecule has 14 heteroatoms. The smallest absolute Gasteiger partial charge is 0.287 e. The van der Waals surface area contributed by atoms with E-state index in [0.29, 0.717) is 56.5 Å². The van der Waals surface area contributed by atoms with Crippen molar-refractivity contribution in [2.24, 2.45) is 0 Å². The van der Waals surface area contributed by atoms with Gasteiger partial charge in [-0.1, -0.05) is 35.3 Å². The summed E-state index contributed by atoms with van der Waals surface area (Å²) in [5.74, 6) is -0.344. The van der Waals surface area contributed by atoms with Crippen LogP contribution in [-0.4, -0.2) is 71.9 Å². The average molecular weight is 745 g/mol. The van der Waals surface area contributed by atoms with Crippen LogP contribution in [-0.2, 0) is 4.74 Å². The fourth-order valence-electron chi connectivity index (χ4n) is 5.94. The van der Waals surface area contributed by atoms with E-state index in [-0.39, 0.29) is 16.5 Å². The number of methoxy groups -OCH3 is 1. The van der Waals surface area contributed by atoms with Gasteiger partial charge in [-0.15, -0.1) is 0 Å². The van der Waals surface area contributed by atoms with E-state index in [2.05, 4.69) is 20.2 Å². The number of fused-ring (bicyclic) bond motifs is 2. The normalized spacial score (nSPS) is 13.3. The molecule has 3 heterocycles. The quantitative estimate of drug-likeness (QED) is 0.134. The van der Waals surface area contributed by atoms with Gasteiger partial charge in [-0.25, -0.2) is 9.37 Å². The van der Waals surface area contributed by atoms with Gasteiger partial charge in [-0.05, 0) is 61.0 Å². The summed E-state index contributed by atoms with van der Waals surface area (Å²) in [5.41, 5.74) is 0.643. The van der Waals surface area contributed by atoms with Gasteiger partial charge in [0.15, 0.2) is 28.8 Å². The second-order valence-corrected chi connectivity index (χ2v) is 12.7. The van der Waals surface area contributed by atoms with Crippen molar-refractivity contribution in [1.82, 2.24) is 19.4 Å². The molecule has 6 aromatic rings. The van der Waals surface area contributed by atoms with Crippen LogP contribution >= 0.6 is 23.2 Å². The molecule has 0 radical (unpaired) electrons. The molecule has 0 bridgehead atoms. The molecule has 0 spiro atoms. The summed E-state index contributed by atoms with van der Waals surface area (Å²) in [7, 11) is 1.54. The highest BCUT2D eigenvalue weighted by atomic mass is 35.5. The average Bonchev–Trinajstić information content (AvgIpc) is 3.15. The molecule has 1 amide bonds. The molecule has 0 saturated carbocycles. The van der Waals surface area contributed by atoms with Crippen molar-refractivity contribution >= 4 is 56.7 Å². The lowest BCUT2D eigenvalue weighted by Crippen LogP contribution is -2.37. The number of anilines is 1. The number of para-hydroxylation sites is 2. The Morgan fingerprint density at radius 3 is 2.56 bits per heavy atom. The largest absolute Gasteiger partial charge is 0.493 e. The lowest BCUT2D eigenvalue weighted by Gasteiger charge is -2.26. The Labute approximate surface area is 307 Å². The van der Waals surface area contributed by atoms with Gasteiger partial charge in [0, 0.05) is 54.1 Å². The Kier molecular flexibility index (Phi) is 10.5. The Bertz CT molecular complexity index is 2350. The third-order valence-corrected chi connectivity index (χ3v) is 9.04. The van der Waals surface area contributed by atoms with Gasteiger partial charge in [0.1, 0.15) is 5.75 Å². The van der Waals surface area contributed by atoms with Gasteiger partial charge < -0.3 is 24.3 Å². The van der Waals surface area contributed by atoms with Gasteiger partial charge in [-0.2, -0.15) is 0 Å². The molecule has 0 aliphatic carbocycles. The number of benzene rings is 4. The van der Waals surface area contributed by atoms with Crippen molar-refractivity contribution in [3.8, 4) is 28.7 Å². The number of hydrogen-bond acceptors (Lipinski definition) is 9. The third-order valence-electron chi connectivity index (χ3n) is 8.50. The van der Waals surface area contributed by atoms with Crippen LogP contribution in [0.15, 0.2) is 89.9 Å². The van der Waals surface area contributed by atoms with Gasteiger partial charge >= 0.3 is 0 Å². The summed E-state index contributed by atoms with van der Waals surface area (Å²) < 4.78 is 39.9. The molecule has 1 aliphatic rings. The Balaban J connectivity index is 1.09. The summed E-state index contributed by atoms with van der Waals surface area (Å²) >= 11 is 12.5. The highest BCUT2D eigenvalue weighted by molar-refractivity contribution is 6.35. The minimum atomic E-state index is -0.839. The number of halogens is 3. The molecule has 0 unspecified atom stereocenters. The van der Waals surface area contributed by atoms with Crippen LogP contribution in [0.3, 0.4) is 0 Å². The number of carbonyl (C=O) groups excluding carboxylic acids is 1. The van der Waals surface area contributed by atoms with E-state index in [1.54, 1.807) is 67.9 Å². The van der Waals surface area contributed by atoms with Gasteiger partial charge in [0.2, 0.25) is 0 Å². The van der Waals surface area contributed by atoms with E-state index in [9.17, 15) is 9.59 Å². The van der Waals surface area contributed by atoms with E-state index in [0.717, 1.165) is 45.3 Å². The molecule has 52 heavy (non-hydrogen) atoms. The van der Waals surface area contributed by atoms with Crippen molar-refractivity contribution in [2.75, 3.05) is 51.9 Å². The summed E-state index contributed by atoms with van der Waals surface area (Å²) in [6.07, 6.45) is 2.39. The first-order valence-electron chi connectivity index (χ1n) is 16.4. The molecule has 0 atom stereocenters. The molecule has 1 N–H and O–H groups in total. The van der Waals surface area contributed by atoms with Crippen molar-refractivity contribution in [3.05, 3.63) is 117 Å². The minimum absolute atomic E-state index is 0.0805. The molecular formula is C38H32Cl2FN5O6. The predicted octanol–water partition coefficient (Wildman–Crippen LogP) is 7.53. The SMILES string of the molecule is COc1cc2c(Oc3ccc(NC(=O)c4nc5ccccc5n(-c5ccc(Cl)cc5Cl)c4=O)cc3F)ccnc2cc1OCCCN1CCOCC1. The monoisotopic (exact) mass is 743 g/mol. The lowest BCUT2D eigenvalue weighted by molar-refractivity contribution is 0.0357. The molecular weight excluding hydrogens is 712 g/mol. The number of nitrogens with one attached hydrogen (secondary N) is 1. The maximum Gasteiger partial charge on any atom is 0.287 e. The number of rotatable bonds is 11. The molecule has 4 aromatic carbocycles. The van der Waals surface area contributed by atoms with Crippen LogP contribution in [0, 0.1) is 5.82 Å². The van der Waals surface area contributed by atoms with Gasteiger partial charge in [0.25, 0.3) is 11.5 Å². The van der Waals surface area contributed by atoms with E-state index in [4.69, 9.17) is 42.1 Å². The van der Waals surface area contributed by atoms with E-state index >= 15 is 4.39 Å². The number of nitrogens with zero attached hydrogens (tertiary/aromatic N) is 4. The summed E-state index contributed by atoms with van der Waals surface area (Å²) in [5, 5.41) is 3.75. The number of amides is 1. The van der Waals surface area contributed by atoms with Crippen molar-refractivity contribution < 1.29 is 28.1 Å². The van der Waals surface area contributed by atoms with E-state index < -0.39 is 23.0 Å². The topological polar surface area (TPSA) is 117 Å². The second kappa shape index (κ2) is 15.5. The number of morpholine rings is 1. The number of ether oxygens (including phenoxy) is 4. The first kappa shape index (κ1) is 35.1. The molecule has 266 valence electrons. The molecule has 2 aromatic heterocycles. The number of carbonyl (C=O) groups is 1. The van der Waals surface area contributed by atoms with Crippen molar-refractivity contribution in [3.63, 3.8) is 0 Å². The maximum absolute atomic E-state index is 15.5. The summed E-state index contributed by atoms with van der Waals surface area (Å²) in [4.78, 5) is 38.3. The molecule has 11 nitrogen and oxygen atoms in total. The molecule has 1 saturated heterocycles. The number of pyridine rings is 1. The minimum Gasteiger partial charge on any atom is -0.493 e. The van der Waals surface area contributed by atoms with Crippen LogP contribution in [0.1, 0.15) is 16.9 Å². The first-order chi connectivity index (χ1) is 25.3. The molecule has 1 fully saturated rings. The second-order valence-electron chi connectivity index (χ2n) is 11.9. The van der Waals surface area contributed by atoms with Gasteiger partial charge in [-0.3, -0.25) is 24.0 Å². The summed E-state index contributed by atoms with van der Waals surface area (Å²) in [6.45, 7) is 4.72. The number of hydrogen-bond donors (Lipinski definition) is 1. The molecule has 7 rings (SSSR count). The Morgan fingerprint density at radius 2 is 1.77 bits per heavy atom.